The first-order chi connectivity index (χ1) is 12.4. The van der Waals surface area contributed by atoms with E-state index < -0.39 is 22.8 Å². The van der Waals surface area contributed by atoms with Gasteiger partial charge in [-0.05, 0) is 35.4 Å². The standard InChI is InChI=1S/C20H21NO4S/c1-13(2)26(25)17-9-7-14(8-10-17)19(22)21-12-16-6-4-3-5-15(16)11-18(21)20(23)24/h3-10,13,18H,11-12H2,1-2H3,(H,23,24)/t18-,26-/m0/s1. The molecule has 2 atom stereocenters. The summed E-state index contributed by atoms with van der Waals surface area (Å²) in [5.41, 5.74) is 2.34. The van der Waals surface area contributed by atoms with Gasteiger partial charge in [0.1, 0.15) is 6.04 Å². The quantitative estimate of drug-likeness (QED) is 0.897. The minimum Gasteiger partial charge on any atom is -0.480 e. The van der Waals surface area contributed by atoms with E-state index in [4.69, 9.17) is 0 Å². The minimum absolute atomic E-state index is 0.00783. The molecule has 136 valence electrons. The van der Waals surface area contributed by atoms with E-state index in [9.17, 15) is 18.9 Å². The highest BCUT2D eigenvalue weighted by Gasteiger charge is 2.34. The van der Waals surface area contributed by atoms with E-state index in [-0.39, 0.29) is 17.7 Å². The molecule has 0 aromatic heterocycles. The van der Waals surface area contributed by atoms with Crippen LogP contribution in [0.3, 0.4) is 0 Å². The van der Waals surface area contributed by atoms with Crippen molar-refractivity contribution in [1.82, 2.24) is 4.90 Å². The Hall–Kier alpha value is -2.47. The molecule has 0 aliphatic carbocycles. The van der Waals surface area contributed by atoms with Crippen molar-refractivity contribution in [2.24, 2.45) is 0 Å². The fraction of sp³-hybridized carbons (Fsp3) is 0.300. The fourth-order valence-electron chi connectivity index (χ4n) is 3.13. The molecule has 3 rings (SSSR count). The molecule has 5 nitrogen and oxygen atoms in total. The number of carboxylic acid groups (broad SMARTS) is 1. The Morgan fingerprint density at radius 3 is 2.27 bits per heavy atom. The van der Waals surface area contributed by atoms with Crippen LogP contribution in [0.25, 0.3) is 0 Å². The highest BCUT2D eigenvalue weighted by molar-refractivity contribution is 7.85. The number of benzene rings is 2. The number of rotatable bonds is 4. The van der Waals surface area contributed by atoms with Gasteiger partial charge in [0.15, 0.2) is 0 Å². The Morgan fingerprint density at radius 2 is 1.69 bits per heavy atom. The van der Waals surface area contributed by atoms with Crippen LogP contribution in [0.1, 0.15) is 35.3 Å². The summed E-state index contributed by atoms with van der Waals surface area (Å²) in [6.45, 7) is 4.02. The van der Waals surface area contributed by atoms with Crippen molar-refractivity contribution in [2.75, 3.05) is 0 Å². The molecule has 0 saturated heterocycles. The van der Waals surface area contributed by atoms with Crippen LogP contribution in [0.4, 0.5) is 0 Å². The molecule has 0 bridgehead atoms. The summed E-state index contributed by atoms with van der Waals surface area (Å²) in [4.78, 5) is 26.7. The maximum atomic E-state index is 12.9. The normalized spacial score (nSPS) is 17.7. The Labute approximate surface area is 155 Å². The summed E-state index contributed by atoms with van der Waals surface area (Å²) in [6, 6.07) is 13.3. The molecule has 0 unspecified atom stereocenters. The van der Waals surface area contributed by atoms with Crippen molar-refractivity contribution in [3.8, 4) is 0 Å². The van der Waals surface area contributed by atoms with E-state index in [2.05, 4.69) is 0 Å². The SMILES string of the molecule is CC(C)[S@](=O)c1ccc(C(=O)N2Cc3ccccc3C[C@H]2C(=O)O)cc1. The molecule has 6 heteroatoms. The molecule has 26 heavy (non-hydrogen) atoms. The topological polar surface area (TPSA) is 74.7 Å². The molecular formula is C20H21NO4S. The highest BCUT2D eigenvalue weighted by Crippen LogP contribution is 2.25. The molecule has 1 aliphatic heterocycles. The van der Waals surface area contributed by atoms with Crippen LogP contribution in [0.5, 0.6) is 0 Å². The molecule has 0 saturated carbocycles. The maximum Gasteiger partial charge on any atom is 0.326 e. The Morgan fingerprint density at radius 1 is 1.08 bits per heavy atom. The summed E-state index contributed by atoms with van der Waals surface area (Å²) in [5, 5.41) is 9.57. The predicted molar refractivity (Wildman–Crippen MR) is 99.4 cm³/mol. The fourth-order valence-corrected chi connectivity index (χ4v) is 4.08. The summed E-state index contributed by atoms with van der Waals surface area (Å²) in [7, 11) is -1.12. The number of carbonyl (C=O) groups is 2. The molecule has 2 aromatic rings. The zero-order valence-corrected chi connectivity index (χ0v) is 15.5. The Bertz CT molecular complexity index is 860. The zero-order chi connectivity index (χ0) is 18.8. The molecule has 2 aromatic carbocycles. The van der Waals surface area contributed by atoms with Crippen molar-refractivity contribution in [3.05, 3.63) is 65.2 Å². The summed E-state index contributed by atoms with van der Waals surface area (Å²) >= 11 is 0. The van der Waals surface area contributed by atoms with Crippen molar-refractivity contribution in [2.45, 2.75) is 43.0 Å². The average Bonchev–Trinajstić information content (AvgIpc) is 2.65. The molecule has 0 radical (unpaired) electrons. The molecule has 1 N–H and O–H groups in total. The van der Waals surface area contributed by atoms with Gasteiger partial charge in [0.25, 0.3) is 5.91 Å². The van der Waals surface area contributed by atoms with Gasteiger partial charge in [0.2, 0.25) is 0 Å². The predicted octanol–water partition coefficient (Wildman–Crippen LogP) is 2.85. The third kappa shape index (κ3) is 3.55. The number of hydrogen-bond donors (Lipinski definition) is 1. The van der Waals surface area contributed by atoms with E-state index in [1.807, 2.05) is 38.1 Å². The van der Waals surface area contributed by atoms with E-state index in [0.29, 0.717) is 16.9 Å². The number of carboxylic acids is 1. The van der Waals surface area contributed by atoms with Gasteiger partial charge < -0.3 is 10.0 Å². The van der Waals surface area contributed by atoms with Crippen molar-refractivity contribution < 1.29 is 18.9 Å². The van der Waals surface area contributed by atoms with E-state index in [0.717, 1.165) is 11.1 Å². The molecule has 1 aliphatic rings. The van der Waals surface area contributed by atoms with Gasteiger partial charge in [-0.3, -0.25) is 9.00 Å². The second-order valence-electron chi connectivity index (χ2n) is 6.63. The minimum atomic E-state index is -1.12. The number of hydrogen-bond acceptors (Lipinski definition) is 3. The second-order valence-corrected chi connectivity index (χ2v) is 8.64. The molecule has 1 heterocycles. The van der Waals surface area contributed by atoms with Gasteiger partial charge in [-0.15, -0.1) is 0 Å². The number of carbonyl (C=O) groups excluding carboxylic acids is 1. The van der Waals surface area contributed by atoms with Gasteiger partial charge in [-0.2, -0.15) is 0 Å². The molecule has 1 amide bonds. The van der Waals surface area contributed by atoms with Crippen LogP contribution < -0.4 is 0 Å². The van der Waals surface area contributed by atoms with Crippen LogP contribution >= 0.6 is 0 Å². The summed E-state index contributed by atoms with van der Waals surface area (Å²) in [5.74, 6) is -1.33. The van der Waals surface area contributed by atoms with Crippen LogP contribution in [0.2, 0.25) is 0 Å². The van der Waals surface area contributed by atoms with Crippen LogP contribution in [-0.2, 0) is 28.6 Å². The van der Waals surface area contributed by atoms with E-state index in [1.165, 1.54) is 4.90 Å². The number of amides is 1. The highest BCUT2D eigenvalue weighted by atomic mass is 32.2. The van der Waals surface area contributed by atoms with Gasteiger partial charge in [-0.1, -0.05) is 38.1 Å². The van der Waals surface area contributed by atoms with Crippen molar-refractivity contribution in [3.63, 3.8) is 0 Å². The van der Waals surface area contributed by atoms with Crippen LogP contribution in [0.15, 0.2) is 53.4 Å². The lowest BCUT2D eigenvalue weighted by atomic mass is 9.93. The van der Waals surface area contributed by atoms with Crippen LogP contribution in [0, 0.1) is 0 Å². The molecule has 0 spiro atoms. The molecular weight excluding hydrogens is 350 g/mol. The summed E-state index contributed by atoms with van der Waals surface area (Å²) in [6.07, 6.45) is 0.298. The van der Waals surface area contributed by atoms with E-state index >= 15 is 0 Å². The number of nitrogens with zero attached hydrogens (tertiary/aromatic N) is 1. The monoisotopic (exact) mass is 371 g/mol. The number of fused-ring (bicyclic) bond motifs is 1. The smallest absolute Gasteiger partial charge is 0.326 e. The van der Waals surface area contributed by atoms with Crippen LogP contribution in [-0.4, -0.2) is 37.4 Å². The van der Waals surface area contributed by atoms with Gasteiger partial charge in [0, 0.05) is 28.7 Å². The Balaban J connectivity index is 1.88. The first-order valence-corrected chi connectivity index (χ1v) is 9.71. The van der Waals surface area contributed by atoms with Gasteiger partial charge in [0.05, 0.1) is 10.8 Å². The first kappa shape index (κ1) is 18.3. The number of aliphatic carboxylic acids is 1. The van der Waals surface area contributed by atoms with Gasteiger partial charge in [-0.25, -0.2) is 4.79 Å². The second kappa shape index (κ2) is 7.41. The van der Waals surface area contributed by atoms with Crippen molar-refractivity contribution >= 4 is 22.7 Å². The zero-order valence-electron chi connectivity index (χ0n) is 14.7. The molecule has 0 fully saturated rings. The third-order valence-corrected chi connectivity index (χ3v) is 6.15. The Kier molecular flexibility index (Phi) is 5.23. The van der Waals surface area contributed by atoms with E-state index in [1.54, 1.807) is 24.3 Å². The third-order valence-electron chi connectivity index (χ3n) is 4.56. The average molecular weight is 371 g/mol. The largest absolute Gasteiger partial charge is 0.480 e. The van der Waals surface area contributed by atoms with Gasteiger partial charge >= 0.3 is 5.97 Å². The maximum absolute atomic E-state index is 12.9. The lowest BCUT2D eigenvalue weighted by Crippen LogP contribution is -2.48. The first-order valence-electron chi connectivity index (χ1n) is 8.49. The van der Waals surface area contributed by atoms with Crippen molar-refractivity contribution in [1.29, 1.82) is 0 Å². The lowest BCUT2D eigenvalue weighted by Gasteiger charge is -2.34. The lowest BCUT2D eigenvalue weighted by molar-refractivity contribution is -0.142. The summed E-state index contributed by atoms with van der Waals surface area (Å²) < 4.78 is 12.1.